The second-order valence-electron chi connectivity index (χ2n) is 4.48. The van der Waals surface area contributed by atoms with Crippen molar-refractivity contribution in [3.05, 3.63) is 40.9 Å². The number of carbonyl (C=O) groups excluding carboxylic acids is 1. The zero-order valence-electron chi connectivity index (χ0n) is 12.2. The first-order chi connectivity index (χ1) is 10.2. The Balaban J connectivity index is 1.73. The molecule has 112 valence electrons. The molecule has 2 N–H and O–H groups in total. The number of ether oxygens (including phenoxy) is 1. The Kier molecular flexibility index (Phi) is 5.57. The van der Waals surface area contributed by atoms with Crippen molar-refractivity contribution < 1.29 is 9.53 Å². The number of carbonyl (C=O) groups is 1. The van der Waals surface area contributed by atoms with Gasteiger partial charge in [-0.15, -0.1) is 11.3 Å². The lowest BCUT2D eigenvalue weighted by Gasteiger charge is -2.06. The molecule has 1 aromatic carbocycles. The zero-order chi connectivity index (χ0) is 15.1. The third-order valence-corrected chi connectivity index (χ3v) is 3.80. The van der Waals surface area contributed by atoms with E-state index in [0.29, 0.717) is 11.7 Å². The zero-order valence-corrected chi connectivity index (χ0v) is 13.0. The molecule has 0 saturated carbocycles. The first kappa shape index (κ1) is 15.3. The second kappa shape index (κ2) is 7.64. The monoisotopic (exact) mass is 305 g/mol. The summed E-state index contributed by atoms with van der Waals surface area (Å²) in [7, 11) is 1.64. The summed E-state index contributed by atoms with van der Waals surface area (Å²) in [6, 6.07) is 7.59. The predicted molar refractivity (Wildman–Crippen MR) is 85.2 cm³/mol. The Bertz CT molecular complexity index is 581. The maximum absolute atomic E-state index is 11.7. The van der Waals surface area contributed by atoms with Gasteiger partial charge in [-0.3, -0.25) is 5.32 Å². The highest BCUT2D eigenvalue weighted by Crippen LogP contribution is 2.15. The molecule has 2 aromatic rings. The molecule has 0 aliphatic carbocycles. The highest BCUT2D eigenvalue weighted by atomic mass is 32.1. The van der Waals surface area contributed by atoms with Crippen molar-refractivity contribution in [2.45, 2.75) is 19.8 Å². The van der Waals surface area contributed by atoms with Gasteiger partial charge in [-0.1, -0.05) is 19.1 Å². The number of rotatable bonds is 6. The van der Waals surface area contributed by atoms with Crippen LogP contribution >= 0.6 is 11.3 Å². The van der Waals surface area contributed by atoms with E-state index >= 15 is 0 Å². The molecule has 5 nitrogen and oxygen atoms in total. The minimum atomic E-state index is -0.222. The minimum Gasteiger partial charge on any atom is -0.497 e. The fourth-order valence-corrected chi connectivity index (χ4v) is 2.57. The van der Waals surface area contributed by atoms with Gasteiger partial charge in [0.05, 0.1) is 12.8 Å². The van der Waals surface area contributed by atoms with Crippen LogP contribution < -0.4 is 15.4 Å². The molecule has 0 aliphatic rings. The summed E-state index contributed by atoms with van der Waals surface area (Å²) in [5, 5.41) is 8.14. The summed E-state index contributed by atoms with van der Waals surface area (Å²) in [6.07, 6.45) is 1.65. The van der Waals surface area contributed by atoms with Crippen LogP contribution in [0.2, 0.25) is 0 Å². The van der Waals surface area contributed by atoms with Gasteiger partial charge >= 0.3 is 6.03 Å². The van der Waals surface area contributed by atoms with E-state index in [9.17, 15) is 4.79 Å². The van der Waals surface area contributed by atoms with Crippen LogP contribution in [0.3, 0.4) is 0 Å². The van der Waals surface area contributed by atoms with Gasteiger partial charge in [-0.25, -0.2) is 9.78 Å². The number of aryl methyl sites for hydroxylation is 1. The van der Waals surface area contributed by atoms with Gasteiger partial charge in [0, 0.05) is 11.9 Å². The van der Waals surface area contributed by atoms with Gasteiger partial charge in [0.1, 0.15) is 5.75 Å². The summed E-state index contributed by atoms with van der Waals surface area (Å²) in [5.74, 6) is 0.833. The van der Waals surface area contributed by atoms with Gasteiger partial charge in [0.2, 0.25) is 0 Å². The van der Waals surface area contributed by atoms with Crippen molar-refractivity contribution in [1.82, 2.24) is 10.3 Å². The lowest BCUT2D eigenvalue weighted by Crippen LogP contribution is -2.30. The van der Waals surface area contributed by atoms with Gasteiger partial charge < -0.3 is 10.1 Å². The van der Waals surface area contributed by atoms with Gasteiger partial charge in [0.15, 0.2) is 5.13 Å². The lowest BCUT2D eigenvalue weighted by atomic mass is 10.1. The van der Waals surface area contributed by atoms with Crippen LogP contribution in [-0.2, 0) is 12.8 Å². The summed E-state index contributed by atoms with van der Waals surface area (Å²) >= 11 is 1.44. The second-order valence-corrected chi connectivity index (χ2v) is 5.33. The first-order valence-electron chi connectivity index (χ1n) is 6.83. The molecule has 1 heterocycles. The molecule has 0 unspecified atom stereocenters. The van der Waals surface area contributed by atoms with E-state index in [0.717, 1.165) is 29.8 Å². The van der Waals surface area contributed by atoms with Crippen molar-refractivity contribution in [3.8, 4) is 5.75 Å². The number of urea groups is 1. The van der Waals surface area contributed by atoms with E-state index in [2.05, 4.69) is 15.6 Å². The standard InChI is InChI=1S/C15H19N3O2S/c1-3-12-10-21-15(17-12)18-14(19)16-9-8-11-4-6-13(20-2)7-5-11/h4-7,10H,3,8-9H2,1-2H3,(H2,16,17,18,19). The van der Waals surface area contributed by atoms with E-state index in [1.807, 2.05) is 36.6 Å². The number of hydrogen-bond acceptors (Lipinski definition) is 4. The first-order valence-corrected chi connectivity index (χ1v) is 7.71. The highest BCUT2D eigenvalue weighted by molar-refractivity contribution is 7.13. The van der Waals surface area contributed by atoms with Gasteiger partial charge in [-0.2, -0.15) is 0 Å². The molecule has 0 bridgehead atoms. The van der Waals surface area contributed by atoms with Crippen LogP contribution in [0.25, 0.3) is 0 Å². The predicted octanol–water partition coefficient (Wildman–Crippen LogP) is 3.08. The molecular formula is C15H19N3O2S. The maximum Gasteiger partial charge on any atom is 0.321 e. The average Bonchev–Trinajstić information content (AvgIpc) is 2.95. The number of benzene rings is 1. The quantitative estimate of drug-likeness (QED) is 0.862. The SMILES string of the molecule is CCc1csc(NC(=O)NCCc2ccc(OC)cc2)n1. The Labute approximate surface area is 128 Å². The molecule has 0 spiro atoms. The van der Waals surface area contributed by atoms with E-state index in [1.54, 1.807) is 7.11 Å². The van der Waals surface area contributed by atoms with Gasteiger partial charge in [-0.05, 0) is 30.5 Å². The van der Waals surface area contributed by atoms with Crippen molar-refractivity contribution in [3.63, 3.8) is 0 Å². The maximum atomic E-state index is 11.7. The molecule has 0 fully saturated rings. The topological polar surface area (TPSA) is 63.2 Å². The molecular weight excluding hydrogens is 286 g/mol. The Morgan fingerprint density at radius 2 is 2.10 bits per heavy atom. The number of nitrogens with zero attached hydrogens (tertiary/aromatic N) is 1. The third kappa shape index (κ3) is 4.75. The van der Waals surface area contributed by atoms with E-state index in [-0.39, 0.29) is 6.03 Å². The van der Waals surface area contributed by atoms with Crippen molar-refractivity contribution in [1.29, 1.82) is 0 Å². The number of methoxy groups -OCH3 is 1. The largest absolute Gasteiger partial charge is 0.497 e. The fraction of sp³-hybridized carbons (Fsp3) is 0.333. The Morgan fingerprint density at radius 3 is 2.71 bits per heavy atom. The number of hydrogen-bond donors (Lipinski definition) is 2. The lowest BCUT2D eigenvalue weighted by molar-refractivity contribution is 0.252. The molecule has 0 radical (unpaired) electrons. The normalized spacial score (nSPS) is 10.2. The van der Waals surface area contributed by atoms with Crippen LogP contribution in [0.4, 0.5) is 9.93 Å². The van der Waals surface area contributed by atoms with E-state index < -0.39 is 0 Å². The molecule has 0 saturated heterocycles. The van der Waals surface area contributed by atoms with Crippen LogP contribution in [0.15, 0.2) is 29.6 Å². The third-order valence-electron chi connectivity index (χ3n) is 2.99. The fourth-order valence-electron chi connectivity index (χ4n) is 1.78. The number of anilines is 1. The van der Waals surface area contributed by atoms with Gasteiger partial charge in [0.25, 0.3) is 0 Å². The van der Waals surface area contributed by atoms with Crippen molar-refractivity contribution in [2.75, 3.05) is 19.0 Å². The van der Waals surface area contributed by atoms with E-state index in [4.69, 9.17) is 4.74 Å². The minimum absolute atomic E-state index is 0.222. The number of aromatic nitrogens is 1. The number of nitrogens with one attached hydrogen (secondary N) is 2. The number of thiazole rings is 1. The van der Waals surface area contributed by atoms with Crippen molar-refractivity contribution in [2.24, 2.45) is 0 Å². The summed E-state index contributed by atoms with van der Waals surface area (Å²) in [4.78, 5) is 16.0. The molecule has 1 aromatic heterocycles. The van der Waals surface area contributed by atoms with Crippen LogP contribution in [-0.4, -0.2) is 24.7 Å². The summed E-state index contributed by atoms with van der Waals surface area (Å²) in [5.41, 5.74) is 2.15. The average molecular weight is 305 g/mol. The van der Waals surface area contributed by atoms with Crippen LogP contribution in [0, 0.1) is 0 Å². The Hall–Kier alpha value is -2.08. The van der Waals surface area contributed by atoms with E-state index in [1.165, 1.54) is 11.3 Å². The summed E-state index contributed by atoms with van der Waals surface area (Å²) < 4.78 is 5.10. The van der Waals surface area contributed by atoms with Crippen molar-refractivity contribution >= 4 is 22.5 Å². The Morgan fingerprint density at radius 1 is 1.33 bits per heavy atom. The van der Waals surface area contributed by atoms with Crippen LogP contribution in [0.5, 0.6) is 5.75 Å². The molecule has 0 atom stereocenters. The summed E-state index contributed by atoms with van der Waals surface area (Å²) in [6.45, 7) is 2.61. The molecule has 6 heteroatoms. The van der Waals surface area contributed by atoms with Crippen LogP contribution in [0.1, 0.15) is 18.2 Å². The molecule has 2 rings (SSSR count). The molecule has 2 amide bonds. The highest BCUT2D eigenvalue weighted by Gasteiger charge is 2.05. The number of amides is 2. The molecule has 0 aliphatic heterocycles. The molecule has 21 heavy (non-hydrogen) atoms. The smallest absolute Gasteiger partial charge is 0.321 e.